The summed E-state index contributed by atoms with van der Waals surface area (Å²) in [6.07, 6.45) is 2.10. The summed E-state index contributed by atoms with van der Waals surface area (Å²) in [6, 6.07) is 7.48. The molecule has 3 heterocycles. The van der Waals surface area contributed by atoms with Gasteiger partial charge in [0.1, 0.15) is 12.1 Å². The first-order chi connectivity index (χ1) is 14.0. The van der Waals surface area contributed by atoms with Gasteiger partial charge in [-0.25, -0.2) is 18.4 Å². The SMILES string of the molecule is CCCS(=O)(=O)N1CCN(c2ncnc3c2nnn3-c2cccc(OC)c2)CC1. The van der Waals surface area contributed by atoms with Crippen molar-refractivity contribution in [3.63, 3.8) is 0 Å². The Bertz CT molecular complexity index is 1110. The highest BCUT2D eigenvalue weighted by atomic mass is 32.2. The first-order valence-corrected chi connectivity index (χ1v) is 11.1. The molecule has 0 spiro atoms. The Morgan fingerprint density at radius 2 is 1.93 bits per heavy atom. The van der Waals surface area contributed by atoms with Gasteiger partial charge in [-0.2, -0.15) is 8.99 Å². The summed E-state index contributed by atoms with van der Waals surface area (Å²) < 4.78 is 33.1. The summed E-state index contributed by atoms with van der Waals surface area (Å²) in [4.78, 5) is 10.8. The molecular formula is C18H23N7O3S. The smallest absolute Gasteiger partial charge is 0.214 e. The minimum atomic E-state index is -3.19. The lowest BCUT2D eigenvalue weighted by Crippen LogP contribution is -2.49. The summed E-state index contributed by atoms with van der Waals surface area (Å²) in [7, 11) is -1.58. The van der Waals surface area contributed by atoms with Crippen molar-refractivity contribution in [2.45, 2.75) is 13.3 Å². The zero-order valence-electron chi connectivity index (χ0n) is 16.4. The minimum Gasteiger partial charge on any atom is -0.497 e. The number of rotatable bonds is 6. The maximum Gasteiger partial charge on any atom is 0.214 e. The lowest BCUT2D eigenvalue weighted by molar-refractivity contribution is 0.384. The molecule has 1 saturated heterocycles. The number of sulfonamides is 1. The van der Waals surface area contributed by atoms with Gasteiger partial charge in [0.25, 0.3) is 0 Å². The van der Waals surface area contributed by atoms with Crippen LogP contribution in [0.15, 0.2) is 30.6 Å². The van der Waals surface area contributed by atoms with Gasteiger partial charge in [-0.05, 0) is 18.6 Å². The molecule has 0 atom stereocenters. The number of methoxy groups -OCH3 is 1. The largest absolute Gasteiger partial charge is 0.497 e. The second-order valence-electron chi connectivity index (χ2n) is 6.77. The third kappa shape index (κ3) is 3.75. The Morgan fingerprint density at radius 3 is 2.66 bits per heavy atom. The quantitative estimate of drug-likeness (QED) is 0.587. The van der Waals surface area contributed by atoms with Gasteiger partial charge in [-0.3, -0.25) is 0 Å². The second kappa shape index (κ2) is 7.91. The van der Waals surface area contributed by atoms with Crippen LogP contribution in [0.1, 0.15) is 13.3 Å². The number of piperazine rings is 1. The van der Waals surface area contributed by atoms with Crippen LogP contribution in [-0.4, -0.2) is 76.7 Å². The fourth-order valence-corrected chi connectivity index (χ4v) is 4.94. The lowest BCUT2D eigenvalue weighted by atomic mass is 10.3. The third-order valence-corrected chi connectivity index (χ3v) is 6.99. The molecule has 10 nitrogen and oxygen atoms in total. The van der Waals surface area contributed by atoms with Crippen molar-refractivity contribution in [3.8, 4) is 11.4 Å². The molecule has 154 valence electrons. The van der Waals surface area contributed by atoms with Gasteiger partial charge >= 0.3 is 0 Å². The molecule has 2 aromatic heterocycles. The lowest BCUT2D eigenvalue weighted by Gasteiger charge is -2.34. The first-order valence-electron chi connectivity index (χ1n) is 9.47. The molecule has 1 aliphatic heterocycles. The average Bonchev–Trinajstić information content (AvgIpc) is 3.18. The van der Waals surface area contributed by atoms with Gasteiger partial charge in [0.2, 0.25) is 10.0 Å². The van der Waals surface area contributed by atoms with E-state index in [0.717, 1.165) is 5.69 Å². The van der Waals surface area contributed by atoms with Gasteiger partial charge in [-0.1, -0.05) is 18.2 Å². The maximum atomic E-state index is 12.3. The standard InChI is InChI=1S/C18H23N7O3S/c1-3-11-29(26,27)24-9-7-23(8-10-24)17-16-18(20-13-19-17)25(22-21-16)14-5-4-6-15(12-14)28-2/h4-6,12-13H,3,7-11H2,1-2H3. The van der Waals surface area contributed by atoms with E-state index < -0.39 is 10.0 Å². The number of ether oxygens (including phenoxy) is 1. The monoisotopic (exact) mass is 417 g/mol. The van der Waals surface area contributed by atoms with E-state index in [4.69, 9.17) is 4.74 Å². The molecule has 0 radical (unpaired) electrons. The summed E-state index contributed by atoms with van der Waals surface area (Å²) >= 11 is 0. The van der Waals surface area contributed by atoms with Crippen molar-refractivity contribution in [2.24, 2.45) is 0 Å². The molecule has 1 aliphatic rings. The zero-order valence-corrected chi connectivity index (χ0v) is 17.2. The van der Waals surface area contributed by atoms with E-state index in [1.165, 1.54) is 6.33 Å². The van der Waals surface area contributed by atoms with Gasteiger partial charge in [0.15, 0.2) is 17.0 Å². The molecular weight excluding hydrogens is 394 g/mol. The number of benzene rings is 1. The van der Waals surface area contributed by atoms with E-state index in [1.54, 1.807) is 16.1 Å². The van der Waals surface area contributed by atoms with Crippen molar-refractivity contribution < 1.29 is 13.2 Å². The highest BCUT2D eigenvalue weighted by Crippen LogP contribution is 2.25. The zero-order chi connectivity index (χ0) is 20.4. The molecule has 0 bridgehead atoms. The van der Waals surface area contributed by atoms with Crippen molar-refractivity contribution in [3.05, 3.63) is 30.6 Å². The van der Waals surface area contributed by atoms with E-state index in [1.807, 2.05) is 36.1 Å². The highest BCUT2D eigenvalue weighted by molar-refractivity contribution is 7.89. The molecule has 11 heteroatoms. The van der Waals surface area contributed by atoms with Gasteiger partial charge in [-0.15, -0.1) is 5.10 Å². The molecule has 1 aromatic carbocycles. The molecule has 0 N–H and O–H groups in total. The molecule has 29 heavy (non-hydrogen) atoms. The van der Waals surface area contributed by atoms with Gasteiger partial charge in [0, 0.05) is 32.2 Å². The third-order valence-electron chi connectivity index (χ3n) is 4.91. The van der Waals surface area contributed by atoms with Crippen LogP contribution in [0.5, 0.6) is 5.75 Å². The first kappa shape index (κ1) is 19.5. The number of fused-ring (bicyclic) bond motifs is 1. The summed E-state index contributed by atoms with van der Waals surface area (Å²) in [5.41, 5.74) is 1.96. The van der Waals surface area contributed by atoms with Crippen LogP contribution >= 0.6 is 0 Å². The van der Waals surface area contributed by atoms with Crippen LogP contribution in [0.4, 0.5) is 5.82 Å². The second-order valence-corrected chi connectivity index (χ2v) is 8.86. The number of aromatic nitrogens is 5. The fraction of sp³-hybridized carbons (Fsp3) is 0.444. The number of anilines is 1. The van der Waals surface area contributed by atoms with E-state index in [-0.39, 0.29) is 5.75 Å². The Balaban J connectivity index is 1.61. The van der Waals surface area contributed by atoms with E-state index in [9.17, 15) is 8.42 Å². The molecule has 0 saturated carbocycles. The van der Waals surface area contributed by atoms with Gasteiger partial charge < -0.3 is 9.64 Å². The number of nitrogens with zero attached hydrogens (tertiary/aromatic N) is 7. The van der Waals surface area contributed by atoms with E-state index in [2.05, 4.69) is 20.3 Å². The van der Waals surface area contributed by atoms with Crippen molar-refractivity contribution in [1.82, 2.24) is 29.3 Å². The molecule has 0 unspecified atom stereocenters. The van der Waals surface area contributed by atoms with Crippen LogP contribution in [0.3, 0.4) is 0 Å². The van der Waals surface area contributed by atoms with Crippen LogP contribution in [0.2, 0.25) is 0 Å². The van der Waals surface area contributed by atoms with Crippen molar-refractivity contribution in [2.75, 3.05) is 43.9 Å². The number of hydrogen-bond acceptors (Lipinski definition) is 8. The van der Waals surface area contributed by atoms with Crippen molar-refractivity contribution in [1.29, 1.82) is 0 Å². The van der Waals surface area contributed by atoms with Gasteiger partial charge in [0.05, 0.1) is 18.6 Å². The molecule has 0 aliphatic carbocycles. The predicted molar refractivity (Wildman–Crippen MR) is 109 cm³/mol. The molecule has 4 rings (SSSR count). The van der Waals surface area contributed by atoms with Crippen molar-refractivity contribution >= 4 is 27.0 Å². The van der Waals surface area contributed by atoms with E-state index in [0.29, 0.717) is 55.3 Å². The molecule has 1 fully saturated rings. The normalized spacial score (nSPS) is 15.7. The Labute approximate surface area is 169 Å². The highest BCUT2D eigenvalue weighted by Gasteiger charge is 2.28. The van der Waals surface area contributed by atoms with Crippen LogP contribution < -0.4 is 9.64 Å². The predicted octanol–water partition coefficient (Wildman–Crippen LogP) is 1.08. The average molecular weight is 417 g/mol. The summed E-state index contributed by atoms with van der Waals surface area (Å²) in [5, 5.41) is 8.55. The topological polar surface area (TPSA) is 106 Å². The molecule has 3 aromatic rings. The summed E-state index contributed by atoms with van der Waals surface area (Å²) in [5.74, 6) is 1.56. The maximum absolute atomic E-state index is 12.3. The Hall–Kier alpha value is -2.79. The number of hydrogen-bond donors (Lipinski definition) is 0. The van der Waals surface area contributed by atoms with E-state index >= 15 is 0 Å². The minimum absolute atomic E-state index is 0.180. The molecule has 0 amide bonds. The Morgan fingerprint density at radius 1 is 1.14 bits per heavy atom. The summed E-state index contributed by atoms with van der Waals surface area (Å²) in [6.45, 7) is 3.81. The van der Waals surface area contributed by atoms with Crippen LogP contribution in [0, 0.1) is 0 Å². The van der Waals surface area contributed by atoms with Crippen LogP contribution in [0.25, 0.3) is 16.9 Å². The Kier molecular flexibility index (Phi) is 5.33. The van der Waals surface area contributed by atoms with Crippen LogP contribution in [-0.2, 0) is 10.0 Å². The fourth-order valence-electron chi connectivity index (χ4n) is 3.45.